The van der Waals surface area contributed by atoms with Crippen molar-refractivity contribution in [3.63, 3.8) is 0 Å². The number of amides is 1. The van der Waals surface area contributed by atoms with Crippen LogP contribution in [-0.2, 0) is 0 Å². The van der Waals surface area contributed by atoms with Crippen molar-refractivity contribution < 1.29 is 9.90 Å². The highest BCUT2D eigenvalue weighted by Gasteiger charge is 2.06. The van der Waals surface area contributed by atoms with Gasteiger partial charge < -0.3 is 14.9 Å². The van der Waals surface area contributed by atoms with Crippen molar-refractivity contribution in [2.75, 3.05) is 43.1 Å². The predicted octanol–water partition coefficient (Wildman–Crippen LogP) is 2.73. The molecule has 1 amide bonds. The van der Waals surface area contributed by atoms with E-state index < -0.39 is 0 Å². The van der Waals surface area contributed by atoms with Gasteiger partial charge in [-0.2, -0.15) is 5.10 Å². The van der Waals surface area contributed by atoms with Crippen molar-refractivity contribution in [3.05, 3.63) is 59.7 Å². The zero-order chi connectivity index (χ0) is 19.6. The number of aliphatic hydroxyl groups is 1. The maximum absolute atomic E-state index is 12.2. The Bertz CT molecular complexity index is 738. The molecule has 6 heteroatoms. The monoisotopic (exact) mass is 368 g/mol. The average molecular weight is 368 g/mol. The Morgan fingerprint density at radius 3 is 2.19 bits per heavy atom. The van der Waals surface area contributed by atoms with E-state index in [1.54, 1.807) is 6.21 Å². The lowest BCUT2D eigenvalue weighted by Crippen LogP contribution is -2.22. The fraction of sp³-hybridized carbons (Fsp3) is 0.333. The minimum atomic E-state index is -0.239. The van der Waals surface area contributed by atoms with E-state index in [2.05, 4.69) is 29.3 Å². The summed E-state index contributed by atoms with van der Waals surface area (Å²) in [7, 11) is 1.92. The first-order valence-electron chi connectivity index (χ1n) is 9.19. The second-order valence-corrected chi connectivity index (χ2v) is 6.15. The van der Waals surface area contributed by atoms with E-state index in [9.17, 15) is 4.79 Å². The lowest BCUT2D eigenvalue weighted by Gasteiger charge is -2.20. The van der Waals surface area contributed by atoms with Crippen LogP contribution in [0.2, 0.25) is 0 Å². The quantitative estimate of drug-likeness (QED) is 0.527. The van der Waals surface area contributed by atoms with Crippen LogP contribution in [0.25, 0.3) is 0 Å². The zero-order valence-corrected chi connectivity index (χ0v) is 16.2. The van der Waals surface area contributed by atoms with Gasteiger partial charge in [0.25, 0.3) is 5.91 Å². The van der Waals surface area contributed by atoms with Gasteiger partial charge in [-0.3, -0.25) is 4.79 Å². The van der Waals surface area contributed by atoms with E-state index in [-0.39, 0.29) is 12.5 Å². The number of anilines is 2. The first-order valence-corrected chi connectivity index (χ1v) is 9.19. The van der Waals surface area contributed by atoms with E-state index in [0.29, 0.717) is 12.1 Å². The van der Waals surface area contributed by atoms with E-state index in [1.807, 2.05) is 60.5 Å². The molecule has 0 aliphatic carbocycles. The summed E-state index contributed by atoms with van der Waals surface area (Å²) in [4.78, 5) is 16.4. The third kappa shape index (κ3) is 5.82. The van der Waals surface area contributed by atoms with E-state index in [4.69, 9.17) is 5.11 Å². The van der Waals surface area contributed by atoms with Crippen molar-refractivity contribution in [2.45, 2.75) is 13.8 Å². The summed E-state index contributed by atoms with van der Waals surface area (Å²) in [5.41, 5.74) is 6.13. The first kappa shape index (κ1) is 20.5. The van der Waals surface area contributed by atoms with Crippen LogP contribution in [0.5, 0.6) is 0 Å². The highest BCUT2D eigenvalue weighted by molar-refractivity contribution is 5.95. The number of hydrogen-bond donors (Lipinski definition) is 2. The number of nitrogens with one attached hydrogen (secondary N) is 1. The number of carbonyl (C=O) groups is 1. The third-order valence-corrected chi connectivity index (χ3v) is 4.41. The second kappa shape index (κ2) is 10.3. The molecule has 144 valence electrons. The Labute approximate surface area is 161 Å². The van der Waals surface area contributed by atoms with Crippen LogP contribution in [0, 0.1) is 0 Å². The Hall–Kier alpha value is -2.86. The summed E-state index contributed by atoms with van der Waals surface area (Å²) >= 11 is 0. The highest BCUT2D eigenvalue weighted by atomic mass is 16.3. The molecule has 0 atom stereocenters. The number of likely N-dealkylation sites (N-methyl/N-ethyl adjacent to an activating group) is 1. The van der Waals surface area contributed by atoms with Crippen LogP contribution >= 0.6 is 0 Å². The molecule has 0 aliphatic heterocycles. The topological polar surface area (TPSA) is 68.2 Å². The summed E-state index contributed by atoms with van der Waals surface area (Å²) < 4.78 is 0. The van der Waals surface area contributed by atoms with Crippen LogP contribution in [0.3, 0.4) is 0 Å². The maximum Gasteiger partial charge on any atom is 0.271 e. The van der Waals surface area contributed by atoms with Gasteiger partial charge in [-0.05, 0) is 55.8 Å². The second-order valence-electron chi connectivity index (χ2n) is 6.15. The smallest absolute Gasteiger partial charge is 0.271 e. The fourth-order valence-corrected chi connectivity index (χ4v) is 2.74. The van der Waals surface area contributed by atoms with Crippen molar-refractivity contribution in [3.8, 4) is 0 Å². The fourth-order valence-electron chi connectivity index (χ4n) is 2.74. The van der Waals surface area contributed by atoms with E-state index in [0.717, 1.165) is 30.0 Å². The molecule has 0 spiro atoms. The van der Waals surface area contributed by atoms with Gasteiger partial charge in [0.1, 0.15) is 0 Å². The SMILES string of the molecule is CCN(CC)c1ccc(C(=O)N/N=C/c2ccc(N(C)CCO)cc2)cc1. The summed E-state index contributed by atoms with van der Waals surface area (Å²) in [5.74, 6) is -0.239. The van der Waals surface area contributed by atoms with Crippen LogP contribution in [0.15, 0.2) is 53.6 Å². The molecule has 2 N–H and O–H groups in total. The molecule has 0 unspecified atom stereocenters. The molecule has 2 aromatic rings. The Kier molecular flexibility index (Phi) is 7.82. The summed E-state index contributed by atoms with van der Waals surface area (Å²) in [6.07, 6.45) is 1.61. The van der Waals surface area contributed by atoms with Crippen molar-refractivity contribution in [1.29, 1.82) is 0 Å². The Balaban J connectivity index is 1.92. The van der Waals surface area contributed by atoms with Crippen molar-refractivity contribution in [2.24, 2.45) is 5.10 Å². The number of nitrogens with zero attached hydrogens (tertiary/aromatic N) is 3. The molecule has 0 radical (unpaired) electrons. The molecule has 2 aromatic carbocycles. The molecule has 0 fully saturated rings. The molecule has 27 heavy (non-hydrogen) atoms. The van der Waals surface area contributed by atoms with Crippen molar-refractivity contribution >= 4 is 23.5 Å². The van der Waals surface area contributed by atoms with Gasteiger partial charge in [0.05, 0.1) is 12.8 Å². The molecule has 0 bridgehead atoms. The minimum absolute atomic E-state index is 0.113. The lowest BCUT2D eigenvalue weighted by molar-refractivity contribution is 0.0955. The van der Waals surface area contributed by atoms with Gasteiger partial charge in [-0.25, -0.2) is 5.43 Å². The molecule has 0 saturated carbocycles. The predicted molar refractivity (Wildman–Crippen MR) is 112 cm³/mol. The van der Waals surface area contributed by atoms with Gasteiger partial charge in [-0.1, -0.05) is 12.1 Å². The number of hydrazone groups is 1. The lowest BCUT2D eigenvalue weighted by atomic mass is 10.2. The molecule has 0 heterocycles. The highest BCUT2D eigenvalue weighted by Crippen LogP contribution is 2.15. The van der Waals surface area contributed by atoms with Gasteiger partial charge in [-0.15, -0.1) is 0 Å². The molecule has 6 nitrogen and oxygen atoms in total. The van der Waals surface area contributed by atoms with Gasteiger partial charge in [0.15, 0.2) is 0 Å². The van der Waals surface area contributed by atoms with Crippen LogP contribution in [0.1, 0.15) is 29.8 Å². The minimum Gasteiger partial charge on any atom is -0.395 e. The van der Waals surface area contributed by atoms with Crippen molar-refractivity contribution in [1.82, 2.24) is 5.43 Å². The van der Waals surface area contributed by atoms with Crippen LogP contribution in [-0.4, -0.2) is 50.5 Å². The molecule has 2 rings (SSSR count). The average Bonchev–Trinajstić information content (AvgIpc) is 2.70. The Morgan fingerprint density at radius 2 is 1.63 bits per heavy atom. The summed E-state index contributed by atoms with van der Waals surface area (Å²) in [6, 6.07) is 15.3. The standard InChI is InChI=1S/C21H28N4O2/c1-4-25(5-2)20-12-8-18(9-13-20)21(27)23-22-16-17-6-10-19(11-7-17)24(3)14-15-26/h6-13,16,26H,4-5,14-15H2,1-3H3,(H,23,27)/b22-16+. The molecule has 0 saturated heterocycles. The molecule has 0 aromatic heterocycles. The first-order chi connectivity index (χ1) is 13.1. The van der Waals surface area contributed by atoms with E-state index >= 15 is 0 Å². The number of benzene rings is 2. The normalized spacial score (nSPS) is 10.8. The maximum atomic E-state index is 12.2. The number of aliphatic hydroxyl groups excluding tert-OH is 1. The molecular weight excluding hydrogens is 340 g/mol. The molecule has 0 aliphatic rings. The van der Waals surface area contributed by atoms with Crippen LogP contribution in [0.4, 0.5) is 11.4 Å². The number of rotatable bonds is 9. The largest absolute Gasteiger partial charge is 0.395 e. The number of hydrogen-bond acceptors (Lipinski definition) is 5. The molecular formula is C21H28N4O2. The van der Waals surface area contributed by atoms with Crippen LogP contribution < -0.4 is 15.2 Å². The van der Waals surface area contributed by atoms with Gasteiger partial charge in [0.2, 0.25) is 0 Å². The Morgan fingerprint density at radius 1 is 1.04 bits per heavy atom. The zero-order valence-electron chi connectivity index (χ0n) is 16.2. The van der Waals surface area contributed by atoms with E-state index in [1.165, 1.54) is 0 Å². The van der Waals surface area contributed by atoms with Gasteiger partial charge in [0, 0.05) is 43.6 Å². The number of carbonyl (C=O) groups excluding carboxylic acids is 1. The summed E-state index contributed by atoms with van der Waals surface area (Å²) in [6.45, 7) is 6.77. The third-order valence-electron chi connectivity index (χ3n) is 4.41. The summed E-state index contributed by atoms with van der Waals surface area (Å²) in [5, 5.41) is 13.0. The van der Waals surface area contributed by atoms with Gasteiger partial charge >= 0.3 is 0 Å².